The molecule has 27 heavy (non-hydrogen) atoms. The molecule has 0 saturated carbocycles. The van der Waals surface area contributed by atoms with E-state index in [1.807, 2.05) is 43.0 Å². The van der Waals surface area contributed by atoms with Crippen molar-refractivity contribution in [1.82, 2.24) is 10.2 Å². The summed E-state index contributed by atoms with van der Waals surface area (Å²) < 4.78 is 19.2. The van der Waals surface area contributed by atoms with E-state index in [4.69, 9.17) is 16.3 Å². The maximum atomic E-state index is 13.8. The van der Waals surface area contributed by atoms with E-state index in [0.29, 0.717) is 34.7 Å². The Kier molecular flexibility index (Phi) is 5.51. The fraction of sp³-hybridized carbons (Fsp3) is 0.190. The standard InChI is InChI=1S/C21H21ClFN3O/c1-13-8-16(10-17(23)9-13)11-26-12-19(27-4)15(3)24-21(26)25-18-7-5-6-14(2)20(18)22/h5-10,12H,3,11H2,1-2,4H3,(H,24,25). The summed E-state index contributed by atoms with van der Waals surface area (Å²) in [5, 5.41) is 3.73. The molecule has 140 valence electrons. The average molecular weight is 386 g/mol. The first-order valence-electron chi connectivity index (χ1n) is 8.46. The van der Waals surface area contributed by atoms with Gasteiger partial charge in [-0.3, -0.25) is 0 Å². The summed E-state index contributed by atoms with van der Waals surface area (Å²) in [6.07, 6.45) is 1.79. The number of benzene rings is 2. The number of ether oxygens (including phenoxy) is 1. The van der Waals surface area contributed by atoms with Gasteiger partial charge in [0.15, 0.2) is 5.76 Å². The number of guanidine groups is 1. The molecule has 0 radical (unpaired) electrons. The van der Waals surface area contributed by atoms with Crippen LogP contribution in [-0.2, 0) is 11.3 Å². The molecule has 0 atom stereocenters. The normalized spacial score (nSPS) is 15.6. The molecule has 2 aromatic rings. The zero-order valence-corrected chi connectivity index (χ0v) is 16.3. The number of hydrogen-bond donors (Lipinski definition) is 1. The van der Waals surface area contributed by atoms with Gasteiger partial charge in [0.05, 0.1) is 36.3 Å². The van der Waals surface area contributed by atoms with E-state index in [-0.39, 0.29) is 5.82 Å². The van der Waals surface area contributed by atoms with Crippen LogP contribution in [0.5, 0.6) is 0 Å². The van der Waals surface area contributed by atoms with Crippen LogP contribution < -0.4 is 5.32 Å². The van der Waals surface area contributed by atoms with Crippen LogP contribution in [0.4, 0.5) is 10.1 Å². The largest absolute Gasteiger partial charge is 0.493 e. The summed E-state index contributed by atoms with van der Waals surface area (Å²) in [5.41, 5.74) is 3.84. The third kappa shape index (κ3) is 4.31. The van der Waals surface area contributed by atoms with E-state index in [2.05, 4.69) is 16.9 Å². The zero-order valence-electron chi connectivity index (χ0n) is 15.5. The number of hydrogen-bond acceptors (Lipinski definition) is 2. The maximum absolute atomic E-state index is 13.8. The van der Waals surface area contributed by atoms with E-state index < -0.39 is 0 Å². The van der Waals surface area contributed by atoms with Crippen LogP contribution in [0.1, 0.15) is 16.7 Å². The third-order valence-electron chi connectivity index (χ3n) is 4.18. The predicted molar refractivity (Wildman–Crippen MR) is 107 cm³/mol. The smallest absolute Gasteiger partial charge is 0.208 e. The molecule has 1 aliphatic heterocycles. The van der Waals surface area contributed by atoms with Crippen molar-refractivity contribution in [2.75, 3.05) is 7.11 Å². The van der Waals surface area contributed by atoms with Crippen molar-refractivity contribution in [1.29, 1.82) is 0 Å². The van der Waals surface area contributed by atoms with Gasteiger partial charge in [-0.2, -0.15) is 0 Å². The SMILES string of the molecule is C=C1NC(=Nc2cccc(C)c2Cl)N(Cc2cc(C)cc(F)c2)C=C1OC. The minimum atomic E-state index is -0.268. The quantitative estimate of drug-likeness (QED) is 0.786. The molecule has 0 aliphatic carbocycles. The van der Waals surface area contributed by atoms with Crippen molar-refractivity contribution >= 4 is 23.2 Å². The molecular formula is C21H21ClFN3O. The maximum Gasteiger partial charge on any atom is 0.208 e. The van der Waals surface area contributed by atoms with Crippen molar-refractivity contribution in [3.8, 4) is 0 Å². The molecule has 0 spiro atoms. The van der Waals surface area contributed by atoms with Crippen molar-refractivity contribution < 1.29 is 9.13 Å². The topological polar surface area (TPSA) is 36.9 Å². The Balaban J connectivity index is 2.02. The molecule has 1 N–H and O–H groups in total. The fourth-order valence-corrected chi connectivity index (χ4v) is 3.04. The number of aliphatic imine (C=N–C) groups is 1. The molecule has 0 aromatic heterocycles. The van der Waals surface area contributed by atoms with E-state index in [0.717, 1.165) is 16.7 Å². The van der Waals surface area contributed by atoms with Crippen molar-refractivity contribution in [2.24, 2.45) is 4.99 Å². The van der Waals surface area contributed by atoms with Crippen LogP contribution in [0, 0.1) is 19.7 Å². The summed E-state index contributed by atoms with van der Waals surface area (Å²) in [4.78, 5) is 6.51. The Labute approximate surface area is 163 Å². The van der Waals surface area contributed by atoms with Gasteiger partial charge in [-0.1, -0.05) is 36.4 Å². The molecule has 1 heterocycles. The van der Waals surface area contributed by atoms with Gasteiger partial charge in [0.25, 0.3) is 0 Å². The number of rotatable bonds is 4. The molecule has 6 heteroatoms. The molecule has 0 bridgehead atoms. The van der Waals surface area contributed by atoms with Crippen LogP contribution in [0.25, 0.3) is 0 Å². The van der Waals surface area contributed by atoms with Gasteiger partial charge in [-0.15, -0.1) is 0 Å². The van der Waals surface area contributed by atoms with Gasteiger partial charge in [-0.05, 0) is 48.7 Å². The first kappa shape index (κ1) is 19.0. The summed E-state index contributed by atoms with van der Waals surface area (Å²) in [6, 6.07) is 10.6. The lowest BCUT2D eigenvalue weighted by Gasteiger charge is -2.30. The highest BCUT2D eigenvalue weighted by Gasteiger charge is 2.21. The fourth-order valence-electron chi connectivity index (χ4n) is 2.87. The minimum Gasteiger partial charge on any atom is -0.493 e. The first-order valence-corrected chi connectivity index (χ1v) is 8.84. The Morgan fingerprint density at radius 2 is 2.04 bits per heavy atom. The monoisotopic (exact) mass is 385 g/mol. The molecule has 0 amide bonds. The summed E-state index contributed by atoms with van der Waals surface area (Å²) >= 11 is 6.39. The van der Waals surface area contributed by atoms with Crippen molar-refractivity contribution in [3.63, 3.8) is 0 Å². The van der Waals surface area contributed by atoms with Gasteiger partial charge in [0.2, 0.25) is 5.96 Å². The van der Waals surface area contributed by atoms with Crippen molar-refractivity contribution in [3.05, 3.63) is 88.2 Å². The van der Waals surface area contributed by atoms with Gasteiger partial charge >= 0.3 is 0 Å². The second-order valence-electron chi connectivity index (χ2n) is 6.41. The Morgan fingerprint density at radius 1 is 1.26 bits per heavy atom. The Bertz CT molecular complexity index is 932. The summed E-state index contributed by atoms with van der Waals surface area (Å²) in [5.74, 6) is 0.850. The summed E-state index contributed by atoms with van der Waals surface area (Å²) in [7, 11) is 1.57. The van der Waals surface area contributed by atoms with Gasteiger partial charge < -0.3 is 15.0 Å². The molecule has 2 aromatic carbocycles. The first-order chi connectivity index (χ1) is 12.9. The lowest BCUT2D eigenvalue weighted by atomic mass is 10.1. The van der Waals surface area contributed by atoms with E-state index >= 15 is 0 Å². The van der Waals surface area contributed by atoms with Crippen LogP contribution in [0.3, 0.4) is 0 Å². The van der Waals surface area contributed by atoms with E-state index in [9.17, 15) is 4.39 Å². The molecule has 3 rings (SSSR count). The van der Waals surface area contributed by atoms with E-state index in [1.165, 1.54) is 12.1 Å². The molecular weight excluding hydrogens is 365 g/mol. The van der Waals surface area contributed by atoms with Crippen LogP contribution in [0.15, 0.2) is 65.6 Å². The number of methoxy groups -OCH3 is 1. The van der Waals surface area contributed by atoms with Crippen LogP contribution in [0.2, 0.25) is 5.02 Å². The number of aryl methyl sites for hydroxylation is 2. The predicted octanol–water partition coefficient (Wildman–Crippen LogP) is 5.19. The molecule has 4 nitrogen and oxygen atoms in total. The molecule has 0 fully saturated rings. The average Bonchev–Trinajstić information content (AvgIpc) is 2.60. The third-order valence-corrected chi connectivity index (χ3v) is 4.67. The molecule has 0 unspecified atom stereocenters. The Morgan fingerprint density at radius 3 is 2.74 bits per heavy atom. The number of halogens is 2. The Hall–Kier alpha value is -2.79. The zero-order chi connectivity index (χ0) is 19.6. The highest BCUT2D eigenvalue weighted by molar-refractivity contribution is 6.33. The highest BCUT2D eigenvalue weighted by atomic mass is 35.5. The minimum absolute atomic E-state index is 0.268. The molecule has 0 saturated heterocycles. The summed E-state index contributed by atoms with van der Waals surface area (Å²) in [6.45, 7) is 8.16. The number of nitrogens with zero attached hydrogens (tertiary/aromatic N) is 2. The van der Waals surface area contributed by atoms with Crippen molar-refractivity contribution in [2.45, 2.75) is 20.4 Å². The second-order valence-corrected chi connectivity index (χ2v) is 6.79. The van der Waals surface area contributed by atoms with Gasteiger partial charge in [0, 0.05) is 0 Å². The van der Waals surface area contributed by atoms with E-state index in [1.54, 1.807) is 13.3 Å². The lowest BCUT2D eigenvalue weighted by molar-refractivity contribution is 0.282. The van der Waals surface area contributed by atoms with Gasteiger partial charge in [-0.25, -0.2) is 9.38 Å². The molecule has 1 aliphatic rings. The number of nitrogens with one attached hydrogen (secondary N) is 1. The second kappa shape index (κ2) is 7.84. The lowest BCUT2D eigenvalue weighted by Crippen LogP contribution is -2.41. The van der Waals surface area contributed by atoms with Gasteiger partial charge in [0.1, 0.15) is 5.82 Å². The highest BCUT2D eigenvalue weighted by Crippen LogP contribution is 2.29. The van der Waals surface area contributed by atoms with Crippen LogP contribution in [-0.4, -0.2) is 18.0 Å². The van der Waals surface area contributed by atoms with Crippen LogP contribution >= 0.6 is 11.6 Å².